The molecule has 1 fully saturated rings. The number of primary amides is 1. The number of aromatic nitrogens is 1. The fourth-order valence-electron chi connectivity index (χ4n) is 2.57. The number of nitrogens with zero attached hydrogens (tertiary/aromatic N) is 2. The summed E-state index contributed by atoms with van der Waals surface area (Å²) in [7, 11) is 0. The van der Waals surface area contributed by atoms with Crippen LogP contribution in [0.25, 0.3) is 11.3 Å². The van der Waals surface area contributed by atoms with Crippen molar-refractivity contribution in [3.63, 3.8) is 0 Å². The Morgan fingerprint density at radius 2 is 2.00 bits per heavy atom. The largest absolute Gasteiger partial charge is 0.444 e. The van der Waals surface area contributed by atoms with E-state index in [1.807, 2.05) is 24.3 Å². The Bertz CT molecular complexity index is 587. The molecular weight excluding hydrogens is 268 g/mol. The lowest BCUT2D eigenvalue weighted by Crippen LogP contribution is -2.44. The zero-order chi connectivity index (χ0) is 14.7. The molecule has 1 aromatic carbocycles. The van der Waals surface area contributed by atoms with E-state index in [2.05, 4.69) is 10.3 Å². The van der Waals surface area contributed by atoms with E-state index in [-0.39, 0.29) is 6.03 Å². The van der Waals surface area contributed by atoms with Gasteiger partial charge >= 0.3 is 6.03 Å². The first-order valence-corrected chi connectivity index (χ1v) is 7.02. The van der Waals surface area contributed by atoms with Crippen LogP contribution in [0.3, 0.4) is 0 Å². The first-order chi connectivity index (χ1) is 10.2. The third-order valence-electron chi connectivity index (χ3n) is 3.78. The van der Waals surface area contributed by atoms with Crippen LogP contribution in [0.2, 0.25) is 0 Å². The fraction of sp³-hybridized carbons (Fsp3) is 0.333. The highest BCUT2D eigenvalue weighted by atomic mass is 16.3. The van der Waals surface area contributed by atoms with Crippen LogP contribution >= 0.6 is 0 Å². The molecule has 0 saturated carbocycles. The van der Waals surface area contributed by atoms with Gasteiger partial charge in [-0.25, -0.2) is 9.78 Å². The predicted molar refractivity (Wildman–Crippen MR) is 79.7 cm³/mol. The second-order valence-electron chi connectivity index (χ2n) is 5.19. The molecule has 1 saturated heterocycles. The Morgan fingerprint density at radius 1 is 1.29 bits per heavy atom. The van der Waals surface area contributed by atoms with Crippen LogP contribution in [0.15, 0.2) is 41.3 Å². The van der Waals surface area contributed by atoms with Crippen LogP contribution in [0.4, 0.5) is 10.5 Å². The molecular formula is C15H18N4O2. The van der Waals surface area contributed by atoms with Crippen LogP contribution in [0.5, 0.6) is 0 Å². The molecule has 21 heavy (non-hydrogen) atoms. The summed E-state index contributed by atoms with van der Waals surface area (Å²) >= 11 is 0. The van der Waals surface area contributed by atoms with Gasteiger partial charge in [0.25, 0.3) is 0 Å². The van der Waals surface area contributed by atoms with Gasteiger partial charge in [0.2, 0.25) is 0 Å². The van der Waals surface area contributed by atoms with Gasteiger partial charge in [0.15, 0.2) is 12.2 Å². The molecule has 0 spiro atoms. The molecule has 1 aliphatic rings. The number of carbonyl (C=O) groups is 1. The lowest BCUT2D eigenvalue weighted by Gasteiger charge is -2.31. The standard InChI is InChI=1S/C15H18N4O2/c16-15(20)19-7-5-13(6-8-19)18-12-3-1-11(2-4-12)14-9-17-10-21-14/h1-4,9-10,13,18H,5-8H2,(H2,16,20). The van der Waals surface area contributed by atoms with Crippen LogP contribution in [0, 0.1) is 0 Å². The maximum Gasteiger partial charge on any atom is 0.314 e. The molecule has 1 aromatic heterocycles. The highest BCUT2D eigenvalue weighted by Crippen LogP contribution is 2.22. The number of piperidine rings is 1. The van der Waals surface area contributed by atoms with Crippen molar-refractivity contribution in [1.29, 1.82) is 0 Å². The third-order valence-corrected chi connectivity index (χ3v) is 3.78. The summed E-state index contributed by atoms with van der Waals surface area (Å²) in [6.07, 6.45) is 4.94. The van der Waals surface area contributed by atoms with E-state index in [4.69, 9.17) is 10.2 Å². The Hall–Kier alpha value is -2.50. The van der Waals surface area contributed by atoms with Gasteiger partial charge in [0.05, 0.1) is 6.20 Å². The third kappa shape index (κ3) is 3.16. The molecule has 0 bridgehead atoms. The number of anilines is 1. The summed E-state index contributed by atoms with van der Waals surface area (Å²) in [6, 6.07) is 8.10. The summed E-state index contributed by atoms with van der Waals surface area (Å²) < 4.78 is 5.26. The Morgan fingerprint density at radius 3 is 2.57 bits per heavy atom. The first kappa shape index (κ1) is 13.5. The average molecular weight is 286 g/mol. The summed E-state index contributed by atoms with van der Waals surface area (Å²) in [5, 5.41) is 3.49. The number of nitrogens with two attached hydrogens (primary N) is 1. The summed E-state index contributed by atoms with van der Waals surface area (Å²) in [5.41, 5.74) is 7.35. The van der Waals surface area contributed by atoms with E-state index < -0.39 is 0 Å². The van der Waals surface area contributed by atoms with Crippen LogP contribution in [0.1, 0.15) is 12.8 Å². The normalized spacial score (nSPS) is 15.9. The minimum absolute atomic E-state index is 0.329. The Kier molecular flexibility index (Phi) is 3.77. The summed E-state index contributed by atoms with van der Waals surface area (Å²) in [5.74, 6) is 0.760. The van der Waals surface area contributed by atoms with E-state index >= 15 is 0 Å². The number of likely N-dealkylation sites (tertiary alicyclic amines) is 1. The van der Waals surface area contributed by atoms with Gasteiger partial charge in [-0.2, -0.15) is 0 Å². The van der Waals surface area contributed by atoms with Crippen LogP contribution < -0.4 is 11.1 Å². The molecule has 2 amide bonds. The second kappa shape index (κ2) is 5.87. The number of benzene rings is 1. The smallest absolute Gasteiger partial charge is 0.314 e. The maximum absolute atomic E-state index is 11.1. The zero-order valence-corrected chi connectivity index (χ0v) is 11.7. The minimum atomic E-state index is -0.329. The van der Waals surface area contributed by atoms with Gasteiger partial charge in [-0.1, -0.05) is 0 Å². The lowest BCUT2D eigenvalue weighted by molar-refractivity contribution is 0.193. The second-order valence-corrected chi connectivity index (χ2v) is 5.19. The minimum Gasteiger partial charge on any atom is -0.444 e. The van der Waals surface area contributed by atoms with E-state index in [9.17, 15) is 4.79 Å². The zero-order valence-electron chi connectivity index (χ0n) is 11.7. The molecule has 6 nitrogen and oxygen atoms in total. The van der Waals surface area contributed by atoms with Crippen molar-refractivity contribution in [3.8, 4) is 11.3 Å². The number of hydrogen-bond donors (Lipinski definition) is 2. The predicted octanol–water partition coefficient (Wildman–Crippen LogP) is 2.30. The molecule has 110 valence electrons. The van der Waals surface area contributed by atoms with Crippen LogP contribution in [-0.4, -0.2) is 35.0 Å². The van der Waals surface area contributed by atoms with Crippen molar-refractivity contribution < 1.29 is 9.21 Å². The lowest BCUT2D eigenvalue weighted by atomic mass is 10.0. The van der Waals surface area contributed by atoms with E-state index in [0.717, 1.165) is 29.9 Å². The van der Waals surface area contributed by atoms with Gasteiger partial charge in [0, 0.05) is 30.4 Å². The number of nitrogens with one attached hydrogen (secondary N) is 1. The number of carbonyl (C=O) groups excluding carboxylic acids is 1. The highest BCUT2D eigenvalue weighted by molar-refractivity contribution is 5.72. The number of oxazole rings is 1. The van der Waals surface area contributed by atoms with Crippen molar-refractivity contribution in [2.24, 2.45) is 5.73 Å². The molecule has 2 aromatic rings. The SMILES string of the molecule is NC(=O)N1CCC(Nc2ccc(-c3cnco3)cc2)CC1. The number of urea groups is 1. The molecule has 1 aliphatic heterocycles. The molecule has 6 heteroatoms. The first-order valence-electron chi connectivity index (χ1n) is 7.02. The Balaban J connectivity index is 1.58. The van der Waals surface area contributed by atoms with Gasteiger partial charge in [-0.3, -0.25) is 0 Å². The van der Waals surface area contributed by atoms with Gasteiger partial charge in [-0.15, -0.1) is 0 Å². The van der Waals surface area contributed by atoms with Crippen molar-refractivity contribution in [1.82, 2.24) is 9.88 Å². The summed E-state index contributed by atoms with van der Waals surface area (Å²) in [4.78, 5) is 16.7. The number of hydrogen-bond acceptors (Lipinski definition) is 4. The fourth-order valence-corrected chi connectivity index (χ4v) is 2.57. The molecule has 3 N–H and O–H groups in total. The maximum atomic E-state index is 11.1. The highest BCUT2D eigenvalue weighted by Gasteiger charge is 2.20. The van der Waals surface area contributed by atoms with Crippen molar-refractivity contribution in [3.05, 3.63) is 36.9 Å². The van der Waals surface area contributed by atoms with E-state index in [1.54, 1.807) is 11.1 Å². The van der Waals surface area contributed by atoms with Gasteiger partial charge < -0.3 is 20.4 Å². The van der Waals surface area contributed by atoms with Crippen molar-refractivity contribution in [2.45, 2.75) is 18.9 Å². The van der Waals surface area contributed by atoms with Gasteiger partial charge in [0.1, 0.15) is 0 Å². The quantitative estimate of drug-likeness (QED) is 0.906. The van der Waals surface area contributed by atoms with Crippen molar-refractivity contribution in [2.75, 3.05) is 18.4 Å². The van der Waals surface area contributed by atoms with Gasteiger partial charge in [-0.05, 0) is 37.1 Å². The summed E-state index contributed by atoms with van der Waals surface area (Å²) in [6.45, 7) is 1.42. The van der Waals surface area contributed by atoms with Crippen LogP contribution in [-0.2, 0) is 0 Å². The molecule has 0 atom stereocenters. The topological polar surface area (TPSA) is 84.4 Å². The molecule has 0 unspecified atom stereocenters. The van der Waals surface area contributed by atoms with E-state index in [0.29, 0.717) is 19.1 Å². The van der Waals surface area contributed by atoms with Crippen molar-refractivity contribution >= 4 is 11.7 Å². The van der Waals surface area contributed by atoms with E-state index in [1.165, 1.54) is 6.39 Å². The average Bonchev–Trinajstić information content (AvgIpc) is 3.03. The number of rotatable bonds is 3. The monoisotopic (exact) mass is 286 g/mol. The molecule has 0 radical (unpaired) electrons. The number of amides is 2. The molecule has 2 heterocycles. The molecule has 0 aliphatic carbocycles. The molecule has 3 rings (SSSR count). The Labute approximate surface area is 122 Å².